The predicted octanol–water partition coefficient (Wildman–Crippen LogP) is 2.50. The molecule has 8 nitrogen and oxygen atoms in total. The SMILES string of the molecule is Cc1ccc(OCC(=O)NC(=S)Nc2cc([N+](=O)[O-])ccc2O)cc1. The van der Waals surface area contributed by atoms with Gasteiger partial charge >= 0.3 is 0 Å². The van der Waals surface area contributed by atoms with Crippen molar-refractivity contribution in [2.75, 3.05) is 11.9 Å². The van der Waals surface area contributed by atoms with Crippen LogP contribution in [0.2, 0.25) is 0 Å². The molecule has 0 saturated carbocycles. The summed E-state index contributed by atoms with van der Waals surface area (Å²) in [7, 11) is 0. The lowest BCUT2D eigenvalue weighted by molar-refractivity contribution is -0.384. The van der Waals surface area contributed by atoms with E-state index in [9.17, 15) is 20.0 Å². The second-order valence-corrected chi connectivity index (χ2v) is 5.47. The van der Waals surface area contributed by atoms with Gasteiger partial charge in [0, 0.05) is 12.1 Å². The number of carbonyl (C=O) groups is 1. The van der Waals surface area contributed by atoms with E-state index in [1.807, 2.05) is 19.1 Å². The first-order valence-corrected chi connectivity index (χ1v) is 7.53. The minimum atomic E-state index is -0.609. The third kappa shape index (κ3) is 5.43. The minimum absolute atomic E-state index is 0.0129. The molecule has 3 N–H and O–H groups in total. The number of benzene rings is 2. The zero-order chi connectivity index (χ0) is 18.4. The molecule has 2 aromatic rings. The molecule has 0 fully saturated rings. The van der Waals surface area contributed by atoms with Crippen molar-refractivity contribution in [1.82, 2.24) is 5.32 Å². The molecule has 0 radical (unpaired) electrons. The Balaban J connectivity index is 1.89. The van der Waals surface area contributed by atoms with E-state index in [-0.39, 0.29) is 28.8 Å². The van der Waals surface area contributed by atoms with Crippen LogP contribution in [0.25, 0.3) is 0 Å². The van der Waals surface area contributed by atoms with Crippen LogP contribution < -0.4 is 15.4 Å². The number of nitro groups is 1. The van der Waals surface area contributed by atoms with Crippen LogP contribution in [-0.2, 0) is 4.79 Å². The number of phenolic OH excluding ortho intramolecular Hbond substituents is 1. The number of non-ortho nitro benzene ring substituents is 1. The molecule has 0 bridgehead atoms. The van der Waals surface area contributed by atoms with Crippen LogP contribution >= 0.6 is 12.2 Å². The molecular formula is C16H15N3O5S. The quantitative estimate of drug-likeness (QED) is 0.324. The number of carbonyl (C=O) groups excluding carboxylic acids is 1. The van der Waals surface area contributed by atoms with Crippen molar-refractivity contribution in [3.05, 3.63) is 58.1 Å². The summed E-state index contributed by atoms with van der Waals surface area (Å²) in [5.41, 5.74) is 0.857. The number of hydrogen-bond donors (Lipinski definition) is 3. The molecule has 25 heavy (non-hydrogen) atoms. The van der Waals surface area contributed by atoms with Crippen molar-refractivity contribution in [2.24, 2.45) is 0 Å². The zero-order valence-electron chi connectivity index (χ0n) is 13.2. The molecule has 0 atom stereocenters. The standard InChI is InChI=1S/C16H15N3O5S/c1-10-2-5-12(6-3-10)24-9-15(21)18-16(25)17-13-8-11(19(22)23)4-7-14(13)20/h2-8,20H,9H2,1H3,(H2,17,18,21,25). The number of nitrogens with one attached hydrogen (secondary N) is 2. The van der Waals surface area contributed by atoms with Gasteiger partial charge in [0.1, 0.15) is 11.5 Å². The number of amides is 1. The van der Waals surface area contributed by atoms with Crippen molar-refractivity contribution in [3.8, 4) is 11.5 Å². The summed E-state index contributed by atoms with van der Waals surface area (Å²) in [6.07, 6.45) is 0. The normalized spacial score (nSPS) is 9.96. The first-order chi connectivity index (χ1) is 11.8. The highest BCUT2D eigenvalue weighted by molar-refractivity contribution is 7.80. The Labute approximate surface area is 148 Å². The molecule has 2 rings (SSSR count). The Hall–Kier alpha value is -3.20. The Bertz CT molecular complexity index is 808. The van der Waals surface area contributed by atoms with Crippen LogP contribution in [0.15, 0.2) is 42.5 Å². The maximum atomic E-state index is 11.8. The van der Waals surface area contributed by atoms with Crippen molar-refractivity contribution in [1.29, 1.82) is 0 Å². The van der Waals surface area contributed by atoms with Gasteiger partial charge in [-0.1, -0.05) is 17.7 Å². The topological polar surface area (TPSA) is 114 Å². The second kappa shape index (κ2) is 8.06. The lowest BCUT2D eigenvalue weighted by atomic mass is 10.2. The molecular weight excluding hydrogens is 346 g/mol. The monoisotopic (exact) mass is 361 g/mol. The van der Waals surface area contributed by atoms with E-state index in [2.05, 4.69) is 10.6 Å². The molecule has 130 valence electrons. The maximum absolute atomic E-state index is 11.8. The molecule has 0 heterocycles. The van der Waals surface area contributed by atoms with Gasteiger partial charge in [-0.2, -0.15) is 0 Å². The largest absolute Gasteiger partial charge is 0.506 e. The molecule has 1 amide bonds. The molecule has 9 heteroatoms. The number of hydrogen-bond acceptors (Lipinski definition) is 6. The summed E-state index contributed by atoms with van der Waals surface area (Å²) in [5.74, 6) is -0.211. The Kier molecular flexibility index (Phi) is 5.85. The van der Waals surface area contributed by atoms with Gasteiger partial charge in [0.2, 0.25) is 0 Å². The van der Waals surface area contributed by atoms with Gasteiger partial charge in [0.15, 0.2) is 11.7 Å². The van der Waals surface area contributed by atoms with Gasteiger partial charge in [-0.05, 0) is 37.3 Å². The van der Waals surface area contributed by atoms with Crippen LogP contribution in [-0.4, -0.2) is 27.7 Å². The van der Waals surface area contributed by atoms with Crippen LogP contribution in [0, 0.1) is 17.0 Å². The number of aromatic hydroxyl groups is 1. The molecule has 0 aliphatic carbocycles. The Morgan fingerprint density at radius 1 is 1.28 bits per heavy atom. The number of thiocarbonyl (C=S) groups is 1. The average Bonchev–Trinajstić information content (AvgIpc) is 2.56. The fraction of sp³-hybridized carbons (Fsp3) is 0.125. The summed E-state index contributed by atoms with van der Waals surface area (Å²) in [4.78, 5) is 21.9. The summed E-state index contributed by atoms with van der Waals surface area (Å²) in [6, 6.07) is 10.6. The average molecular weight is 361 g/mol. The predicted molar refractivity (Wildman–Crippen MR) is 95.8 cm³/mol. The van der Waals surface area contributed by atoms with Crippen LogP contribution in [0.4, 0.5) is 11.4 Å². The molecule has 0 unspecified atom stereocenters. The van der Waals surface area contributed by atoms with Gasteiger partial charge in [-0.15, -0.1) is 0 Å². The van der Waals surface area contributed by atoms with Gasteiger partial charge in [0.05, 0.1) is 10.6 Å². The smallest absolute Gasteiger partial charge is 0.271 e. The van der Waals surface area contributed by atoms with Gasteiger partial charge < -0.3 is 15.2 Å². The number of phenols is 1. The zero-order valence-corrected chi connectivity index (χ0v) is 14.0. The Morgan fingerprint density at radius 2 is 1.96 bits per heavy atom. The molecule has 0 spiro atoms. The van der Waals surface area contributed by atoms with Crippen LogP contribution in [0.3, 0.4) is 0 Å². The Morgan fingerprint density at radius 3 is 2.60 bits per heavy atom. The number of aryl methyl sites for hydroxylation is 1. The maximum Gasteiger partial charge on any atom is 0.271 e. The summed E-state index contributed by atoms with van der Waals surface area (Å²) >= 11 is 4.95. The number of ether oxygens (including phenoxy) is 1. The third-order valence-electron chi connectivity index (χ3n) is 3.08. The number of nitrogens with zero attached hydrogens (tertiary/aromatic N) is 1. The fourth-order valence-electron chi connectivity index (χ4n) is 1.84. The number of rotatable bonds is 5. The van der Waals surface area contributed by atoms with E-state index in [1.165, 1.54) is 0 Å². The van der Waals surface area contributed by atoms with Crippen molar-refractivity contribution in [2.45, 2.75) is 6.92 Å². The molecule has 2 aromatic carbocycles. The minimum Gasteiger partial charge on any atom is -0.506 e. The number of nitro benzene ring substituents is 1. The van der Waals surface area contributed by atoms with Gasteiger partial charge in [-0.3, -0.25) is 20.2 Å². The molecule has 0 saturated heterocycles. The first-order valence-electron chi connectivity index (χ1n) is 7.13. The van der Waals surface area contributed by atoms with E-state index in [0.717, 1.165) is 23.8 Å². The van der Waals surface area contributed by atoms with E-state index in [4.69, 9.17) is 17.0 Å². The highest BCUT2D eigenvalue weighted by Crippen LogP contribution is 2.27. The van der Waals surface area contributed by atoms with E-state index in [1.54, 1.807) is 12.1 Å². The van der Waals surface area contributed by atoms with Crippen molar-refractivity contribution >= 4 is 34.6 Å². The summed E-state index contributed by atoms with van der Waals surface area (Å²) in [6.45, 7) is 1.68. The number of anilines is 1. The molecule has 0 aliphatic rings. The highest BCUT2D eigenvalue weighted by Gasteiger charge is 2.12. The van der Waals surface area contributed by atoms with E-state index in [0.29, 0.717) is 5.75 Å². The highest BCUT2D eigenvalue weighted by atomic mass is 32.1. The summed E-state index contributed by atoms with van der Waals surface area (Å²) < 4.78 is 5.31. The lowest BCUT2D eigenvalue weighted by Gasteiger charge is -2.11. The fourth-order valence-corrected chi connectivity index (χ4v) is 2.06. The first kappa shape index (κ1) is 18.1. The summed E-state index contributed by atoms with van der Waals surface area (Å²) in [5, 5.41) is 25.2. The van der Waals surface area contributed by atoms with Gasteiger partial charge in [-0.25, -0.2) is 0 Å². The van der Waals surface area contributed by atoms with E-state index < -0.39 is 10.8 Å². The van der Waals surface area contributed by atoms with Crippen molar-refractivity contribution in [3.63, 3.8) is 0 Å². The van der Waals surface area contributed by atoms with E-state index >= 15 is 0 Å². The van der Waals surface area contributed by atoms with Crippen molar-refractivity contribution < 1.29 is 19.6 Å². The van der Waals surface area contributed by atoms with Crippen LogP contribution in [0.1, 0.15) is 5.56 Å². The molecule has 0 aliphatic heterocycles. The molecule has 0 aromatic heterocycles. The van der Waals surface area contributed by atoms with Crippen LogP contribution in [0.5, 0.6) is 11.5 Å². The van der Waals surface area contributed by atoms with Gasteiger partial charge in [0.25, 0.3) is 11.6 Å². The second-order valence-electron chi connectivity index (χ2n) is 5.06. The third-order valence-corrected chi connectivity index (χ3v) is 3.29. The lowest BCUT2D eigenvalue weighted by Crippen LogP contribution is -2.37.